The van der Waals surface area contributed by atoms with E-state index >= 15 is 0 Å². The predicted molar refractivity (Wildman–Crippen MR) is 66.7 cm³/mol. The Morgan fingerprint density at radius 1 is 1.23 bits per heavy atom. The summed E-state index contributed by atoms with van der Waals surface area (Å²) in [6, 6.07) is 0. The van der Waals surface area contributed by atoms with Gasteiger partial charge in [0.15, 0.2) is 0 Å². The molecule has 0 bridgehead atoms. The van der Waals surface area contributed by atoms with Crippen LogP contribution in [0.3, 0.4) is 0 Å². The molecule has 0 aliphatic heterocycles. The van der Waals surface area contributed by atoms with Crippen LogP contribution in [-0.4, -0.2) is 30.8 Å². The van der Waals surface area contributed by atoms with Crippen LogP contribution in [0.4, 0.5) is 25.2 Å². The van der Waals surface area contributed by atoms with Gasteiger partial charge in [-0.1, -0.05) is 0 Å². The third-order valence-corrected chi connectivity index (χ3v) is 1.98. The maximum absolute atomic E-state index is 11.3. The summed E-state index contributed by atoms with van der Waals surface area (Å²) in [5.41, 5.74) is 0. The molecule has 1 aromatic heterocycles. The van der Waals surface area contributed by atoms with Crippen molar-refractivity contribution < 1.29 is 44.0 Å². The number of aryl methyl sites for hydroxylation is 1. The van der Waals surface area contributed by atoms with Crippen LogP contribution >= 0.6 is 7.81 Å². The van der Waals surface area contributed by atoms with Crippen molar-refractivity contribution in [2.24, 2.45) is 7.05 Å². The molecule has 12 heteroatoms. The van der Waals surface area contributed by atoms with Gasteiger partial charge >= 0.3 is 39.0 Å². The number of hydrogen-bond acceptors (Lipinski definition) is 3. The van der Waals surface area contributed by atoms with E-state index in [2.05, 4.69) is 4.98 Å². The molecule has 1 aromatic rings. The Morgan fingerprint density at radius 3 is 2.18 bits per heavy atom. The first-order valence-corrected chi connectivity index (χ1v) is 8.03. The number of H-pyrrole nitrogens is 1. The number of nitrogens with zero attached hydrogens (tertiary/aromatic N) is 1. The molecule has 0 radical (unpaired) electrons. The monoisotopic (exact) mass is 358 g/mol. The first-order chi connectivity index (χ1) is 9.69. The topological polar surface area (TPSA) is 55.2 Å². The van der Waals surface area contributed by atoms with E-state index in [4.69, 9.17) is 9.47 Å². The van der Waals surface area contributed by atoms with Gasteiger partial charge in [0.25, 0.3) is 5.82 Å². The van der Waals surface area contributed by atoms with Crippen molar-refractivity contribution in [1.82, 2.24) is 4.98 Å². The fraction of sp³-hybridized carbons (Fsp3) is 0.600. The number of halogens is 6. The molecule has 0 amide bonds. The molecule has 22 heavy (non-hydrogen) atoms. The first-order valence-electron chi connectivity index (χ1n) is 6.00. The molecule has 0 fully saturated rings. The molecule has 1 heterocycles. The number of rotatable bonds is 6. The number of ether oxygens (including phenoxy) is 2. The van der Waals surface area contributed by atoms with Crippen LogP contribution < -0.4 is 4.57 Å². The Balaban J connectivity index is 0.000000534. The van der Waals surface area contributed by atoms with Gasteiger partial charge < -0.3 is 9.47 Å². The van der Waals surface area contributed by atoms with Crippen LogP contribution in [0.5, 0.6) is 0 Å². The maximum atomic E-state index is 11.3. The average molecular weight is 358 g/mol. The molecule has 0 aromatic carbocycles. The zero-order valence-electron chi connectivity index (χ0n) is 11.9. The quantitative estimate of drug-likeness (QED) is 0.279. The Bertz CT molecular complexity index is 476. The molecule has 5 nitrogen and oxygen atoms in total. The summed E-state index contributed by atoms with van der Waals surface area (Å²) in [5, 5.41) is 0. The summed E-state index contributed by atoms with van der Waals surface area (Å²) in [5.74, 6) is 0.587. The molecule has 0 aliphatic rings. The number of hydrogen-bond donors (Lipinski definition) is 1. The molecular formula is C10H17F6N2O3P. The van der Waals surface area contributed by atoms with E-state index in [1.165, 1.54) is 0 Å². The molecular weight excluding hydrogens is 341 g/mol. The van der Waals surface area contributed by atoms with Gasteiger partial charge in [0.05, 0.1) is 13.7 Å². The minimum atomic E-state index is -10.7. The Kier molecular flexibility index (Phi) is 6.40. The number of carbonyl (C=O) groups is 1. The van der Waals surface area contributed by atoms with Gasteiger partial charge in [-0.2, -0.15) is 0 Å². The standard InChI is InChI=1S/C10H16N2O3.F6P/c1-3-14-6-7-15-10(13)8-9-11-4-5-12(9)2;1-7(2,3,4,5)6/h4-5H,3,6-8H2,1-2H3;/q;-1/p+1. The van der Waals surface area contributed by atoms with Gasteiger partial charge in [-0.3, -0.25) is 4.79 Å². The number of aromatic nitrogens is 2. The van der Waals surface area contributed by atoms with Crippen molar-refractivity contribution in [3.8, 4) is 0 Å². The normalized spacial score (nSPS) is 14.4. The zero-order chi connectivity index (χ0) is 17.5. The summed E-state index contributed by atoms with van der Waals surface area (Å²) in [7, 11) is -8.78. The van der Waals surface area contributed by atoms with E-state index < -0.39 is 7.81 Å². The summed E-state index contributed by atoms with van der Waals surface area (Å²) in [6.45, 7) is 3.32. The minimum absolute atomic E-state index is 0.243. The van der Waals surface area contributed by atoms with E-state index in [1.54, 1.807) is 6.20 Å². The molecule has 132 valence electrons. The molecule has 0 saturated carbocycles. The molecule has 1 rings (SSSR count). The van der Waals surface area contributed by atoms with E-state index in [0.717, 1.165) is 5.82 Å². The Hall–Kier alpha value is -1.35. The number of nitrogens with one attached hydrogen (secondary N) is 1. The van der Waals surface area contributed by atoms with Gasteiger partial charge in [0.1, 0.15) is 25.4 Å². The van der Waals surface area contributed by atoms with Gasteiger partial charge in [-0.05, 0) is 6.92 Å². The second-order valence-electron chi connectivity index (χ2n) is 4.07. The average Bonchev–Trinajstić information content (AvgIpc) is 2.66. The SMILES string of the molecule is CCOCCOC(=O)Cc1[nH]cc[n+]1C.F[P-](F)(F)(F)(F)F. The molecule has 0 unspecified atom stereocenters. The van der Waals surface area contributed by atoms with Crippen LogP contribution in [0.15, 0.2) is 12.4 Å². The molecule has 0 saturated heterocycles. The van der Waals surface area contributed by atoms with E-state index in [9.17, 15) is 30.0 Å². The van der Waals surface area contributed by atoms with Crippen molar-refractivity contribution in [2.45, 2.75) is 13.3 Å². The molecule has 0 aliphatic carbocycles. The van der Waals surface area contributed by atoms with Crippen LogP contribution in [-0.2, 0) is 27.7 Å². The van der Waals surface area contributed by atoms with E-state index in [0.29, 0.717) is 19.8 Å². The van der Waals surface area contributed by atoms with E-state index in [-0.39, 0.29) is 12.4 Å². The summed E-state index contributed by atoms with van der Waals surface area (Å²) < 4.78 is 71.1. The van der Waals surface area contributed by atoms with Gasteiger partial charge in [-0.15, -0.1) is 0 Å². The number of imidazole rings is 1. The van der Waals surface area contributed by atoms with Crippen molar-refractivity contribution in [3.05, 3.63) is 18.2 Å². The molecule has 0 atom stereocenters. The van der Waals surface area contributed by atoms with Crippen LogP contribution in [0.1, 0.15) is 12.7 Å². The van der Waals surface area contributed by atoms with Gasteiger partial charge in [-0.25, -0.2) is 9.55 Å². The number of aromatic amines is 1. The third-order valence-electron chi connectivity index (χ3n) is 1.98. The van der Waals surface area contributed by atoms with Crippen LogP contribution in [0.2, 0.25) is 0 Å². The zero-order valence-corrected chi connectivity index (χ0v) is 12.8. The van der Waals surface area contributed by atoms with Crippen LogP contribution in [0.25, 0.3) is 0 Å². The summed E-state index contributed by atoms with van der Waals surface area (Å²) in [6.07, 6.45) is 3.89. The molecule has 1 N–H and O–H groups in total. The predicted octanol–water partition coefficient (Wildman–Crippen LogP) is 3.34. The number of esters is 1. The Labute approximate surface area is 122 Å². The fourth-order valence-electron chi connectivity index (χ4n) is 1.16. The van der Waals surface area contributed by atoms with Gasteiger partial charge in [0, 0.05) is 6.61 Å². The third kappa shape index (κ3) is 16.7. The number of carbonyl (C=O) groups excluding carboxylic acids is 1. The van der Waals surface area contributed by atoms with Crippen molar-refractivity contribution in [3.63, 3.8) is 0 Å². The second-order valence-corrected chi connectivity index (χ2v) is 5.99. The summed E-state index contributed by atoms with van der Waals surface area (Å²) >= 11 is 0. The summed E-state index contributed by atoms with van der Waals surface area (Å²) in [4.78, 5) is 14.3. The van der Waals surface area contributed by atoms with Crippen molar-refractivity contribution in [2.75, 3.05) is 19.8 Å². The first kappa shape index (κ1) is 20.6. The van der Waals surface area contributed by atoms with Crippen molar-refractivity contribution in [1.29, 1.82) is 0 Å². The van der Waals surface area contributed by atoms with E-state index in [1.807, 2.05) is 24.7 Å². The van der Waals surface area contributed by atoms with Gasteiger partial charge in [0.2, 0.25) is 0 Å². The van der Waals surface area contributed by atoms with Crippen LogP contribution in [0, 0.1) is 0 Å². The Morgan fingerprint density at radius 2 is 1.77 bits per heavy atom. The molecule has 0 spiro atoms. The van der Waals surface area contributed by atoms with Crippen molar-refractivity contribution >= 4 is 13.8 Å². The second kappa shape index (κ2) is 6.82. The fourth-order valence-corrected chi connectivity index (χ4v) is 1.16.